The maximum Gasteiger partial charge on any atom is 0.133 e. The Bertz CT molecular complexity index is 368. The van der Waals surface area contributed by atoms with Gasteiger partial charge in [0.05, 0.1) is 10.6 Å². The van der Waals surface area contributed by atoms with E-state index in [-0.39, 0.29) is 6.10 Å². The number of nitrogens with one attached hydrogen (secondary N) is 1. The van der Waals surface area contributed by atoms with Crippen LogP contribution < -0.4 is 10.1 Å². The Kier molecular flexibility index (Phi) is 6.72. The van der Waals surface area contributed by atoms with E-state index in [1.807, 2.05) is 0 Å². The maximum absolute atomic E-state index is 5.84. The molecule has 1 aromatic rings. The van der Waals surface area contributed by atoms with Gasteiger partial charge in [-0.15, -0.1) is 0 Å². The molecule has 3 heteroatoms. The van der Waals surface area contributed by atoms with Crippen LogP contribution in [-0.2, 0) is 0 Å². The van der Waals surface area contributed by atoms with Gasteiger partial charge >= 0.3 is 0 Å². The molecule has 1 aromatic carbocycles. The minimum absolute atomic E-state index is 0.253. The van der Waals surface area contributed by atoms with E-state index in [4.69, 9.17) is 4.74 Å². The Morgan fingerprint density at radius 3 is 2.56 bits per heavy atom. The first-order valence-electron chi connectivity index (χ1n) is 6.77. The highest BCUT2D eigenvalue weighted by Gasteiger charge is 2.09. The minimum atomic E-state index is 0.253. The van der Waals surface area contributed by atoms with E-state index in [1.165, 1.54) is 5.56 Å². The molecule has 1 rings (SSSR count). The van der Waals surface area contributed by atoms with Crippen LogP contribution in [0, 0.1) is 0 Å². The first-order valence-corrected chi connectivity index (χ1v) is 7.57. The summed E-state index contributed by atoms with van der Waals surface area (Å²) < 4.78 is 6.88. The second-order valence-electron chi connectivity index (χ2n) is 4.70. The van der Waals surface area contributed by atoms with Gasteiger partial charge in [0.25, 0.3) is 0 Å². The van der Waals surface area contributed by atoms with Gasteiger partial charge in [0.1, 0.15) is 5.75 Å². The third-order valence-corrected chi connectivity index (χ3v) is 3.68. The third kappa shape index (κ3) is 4.62. The molecule has 0 aliphatic rings. The van der Waals surface area contributed by atoms with Gasteiger partial charge in [0.2, 0.25) is 0 Å². The number of hydrogen-bond acceptors (Lipinski definition) is 2. The van der Waals surface area contributed by atoms with Crippen LogP contribution in [0.2, 0.25) is 0 Å². The molecule has 0 aliphatic heterocycles. The van der Waals surface area contributed by atoms with Crippen LogP contribution in [-0.4, -0.2) is 12.6 Å². The van der Waals surface area contributed by atoms with Crippen molar-refractivity contribution in [1.29, 1.82) is 0 Å². The van der Waals surface area contributed by atoms with E-state index in [2.05, 4.69) is 67.1 Å². The molecule has 1 N–H and O–H groups in total. The molecule has 0 radical (unpaired) electrons. The summed E-state index contributed by atoms with van der Waals surface area (Å²) in [7, 11) is 0. The fourth-order valence-corrected chi connectivity index (χ4v) is 2.15. The normalized spacial score (nSPS) is 14.3. The molecular weight excluding hydrogens is 290 g/mol. The summed E-state index contributed by atoms with van der Waals surface area (Å²) in [5.74, 6) is 0.927. The van der Waals surface area contributed by atoms with Crippen LogP contribution in [0.15, 0.2) is 22.7 Å². The third-order valence-electron chi connectivity index (χ3n) is 3.06. The number of ether oxygens (including phenoxy) is 1. The lowest BCUT2D eigenvalue weighted by Gasteiger charge is -2.17. The zero-order valence-corrected chi connectivity index (χ0v) is 13.4. The summed E-state index contributed by atoms with van der Waals surface area (Å²) in [5.41, 5.74) is 1.28. The fraction of sp³-hybridized carbons (Fsp3) is 0.600. The molecule has 0 spiro atoms. The van der Waals surface area contributed by atoms with E-state index in [1.54, 1.807) is 0 Å². The Balaban J connectivity index is 2.72. The Hall–Kier alpha value is -0.540. The first kappa shape index (κ1) is 15.5. The van der Waals surface area contributed by atoms with Crippen molar-refractivity contribution in [2.45, 2.75) is 52.7 Å². The number of benzene rings is 1. The van der Waals surface area contributed by atoms with Crippen LogP contribution in [0.4, 0.5) is 0 Å². The maximum atomic E-state index is 5.84. The average molecular weight is 314 g/mol. The average Bonchev–Trinajstić information content (AvgIpc) is 2.38. The molecular formula is C15H24BrNO. The molecule has 0 fully saturated rings. The largest absolute Gasteiger partial charge is 0.490 e. The zero-order valence-electron chi connectivity index (χ0n) is 11.8. The van der Waals surface area contributed by atoms with Gasteiger partial charge in [-0.25, -0.2) is 0 Å². The number of hydrogen-bond donors (Lipinski definition) is 1. The smallest absolute Gasteiger partial charge is 0.133 e. The summed E-state index contributed by atoms with van der Waals surface area (Å²) in [4.78, 5) is 0. The van der Waals surface area contributed by atoms with E-state index in [0.29, 0.717) is 6.04 Å². The zero-order chi connectivity index (χ0) is 13.5. The van der Waals surface area contributed by atoms with Crippen LogP contribution in [0.25, 0.3) is 0 Å². The van der Waals surface area contributed by atoms with E-state index in [0.717, 1.165) is 29.6 Å². The molecule has 0 bridgehead atoms. The van der Waals surface area contributed by atoms with Crippen LogP contribution in [0.3, 0.4) is 0 Å². The summed E-state index contributed by atoms with van der Waals surface area (Å²) in [6, 6.07) is 6.70. The molecule has 2 unspecified atom stereocenters. The summed E-state index contributed by atoms with van der Waals surface area (Å²) >= 11 is 3.59. The van der Waals surface area contributed by atoms with Crippen LogP contribution in [0.1, 0.15) is 52.1 Å². The van der Waals surface area contributed by atoms with Gasteiger partial charge in [0, 0.05) is 6.04 Å². The van der Waals surface area contributed by atoms with E-state index >= 15 is 0 Å². The predicted molar refractivity (Wildman–Crippen MR) is 81.2 cm³/mol. The number of halogens is 1. The Labute approximate surface area is 119 Å². The second-order valence-corrected chi connectivity index (χ2v) is 5.56. The van der Waals surface area contributed by atoms with Gasteiger partial charge in [0.15, 0.2) is 0 Å². The van der Waals surface area contributed by atoms with Gasteiger partial charge < -0.3 is 10.1 Å². The van der Waals surface area contributed by atoms with Crippen molar-refractivity contribution in [2.24, 2.45) is 0 Å². The van der Waals surface area contributed by atoms with Crippen molar-refractivity contribution in [3.05, 3.63) is 28.2 Å². The van der Waals surface area contributed by atoms with Gasteiger partial charge in [-0.05, 0) is 66.9 Å². The highest BCUT2D eigenvalue weighted by molar-refractivity contribution is 9.10. The van der Waals surface area contributed by atoms with Crippen LogP contribution in [0.5, 0.6) is 5.75 Å². The monoisotopic (exact) mass is 313 g/mol. The van der Waals surface area contributed by atoms with Crippen LogP contribution >= 0.6 is 15.9 Å². The molecule has 0 aliphatic carbocycles. The molecule has 0 saturated heterocycles. The van der Waals surface area contributed by atoms with Crippen molar-refractivity contribution in [3.8, 4) is 5.75 Å². The number of rotatable bonds is 7. The Morgan fingerprint density at radius 1 is 1.28 bits per heavy atom. The van der Waals surface area contributed by atoms with E-state index in [9.17, 15) is 0 Å². The summed E-state index contributed by atoms with van der Waals surface area (Å²) in [6.45, 7) is 9.63. The Morgan fingerprint density at radius 2 is 2.00 bits per heavy atom. The van der Waals surface area contributed by atoms with Gasteiger partial charge in [-0.1, -0.05) is 19.9 Å². The highest BCUT2D eigenvalue weighted by atomic mass is 79.9. The van der Waals surface area contributed by atoms with Gasteiger partial charge in [-0.2, -0.15) is 0 Å². The molecule has 0 saturated carbocycles. The predicted octanol–water partition coefficient (Wildman–Crippen LogP) is 4.69. The molecule has 0 aromatic heterocycles. The van der Waals surface area contributed by atoms with Crippen molar-refractivity contribution in [2.75, 3.05) is 6.54 Å². The standard InChI is InChI=1S/C15H24BrNO/c1-5-9-17-12(4)13-7-8-15(14(16)10-13)18-11(3)6-2/h7-8,10-12,17H,5-6,9H2,1-4H3. The molecule has 2 nitrogen and oxygen atoms in total. The molecule has 2 atom stereocenters. The lowest BCUT2D eigenvalue weighted by molar-refractivity contribution is 0.216. The molecule has 18 heavy (non-hydrogen) atoms. The topological polar surface area (TPSA) is 21.3 Å². The minimum Gasteiger partial charge on any atom is -0.490 e. The van der Waals surface area contributed by atoms with Gasteiger partial charge in [-0.3, -0.25) is 0 Å². The second kappa shape index (κ2) is 7.80. The lowest BCUT2D eigenvalue weighted by atomic mass is 10.1. The molecule has 0 heterocycles. The molecule has 0 amide bonds. The quantitative estimate of drug-likeness (QED) is 0.788. The van der Waals surface area contributed by atoms with Crippen molar-refractivity contribution in [1.82, 2.24) is 5.32 Å². The lowest BCUT2D eigenvalue weighted by Crippen LogP contribution is -2.19. The van der Waals surface area contributed by atoms with Crippen molar-refractivity contribution in [3.63, 3.8) is 0 Å². The highest BCUT2D eigenvalue weighted by Crippen LogP contribution is 2.29. The van der Waals surface area contributed by atoms with Crippen molar-refractivity contribution >= 4 is 15.9 Å². The summed E-state index contributed by atoms with van der Waals surface area (Å²) in [5, 5.41) is 3.49. The fourth-order valence-electron chi connectivity index (χ4n) is 1.66. The molecule has 102 valence electrons. The SMILES string of the molecule is CCCNC(C)c1ccc(OC(C)CC)c(Br)c1. The van der Waals surface area contributed by atoms with E-state index < -0.39 is 0 Å². The first-order chi connectivity index (χ1) is 8.58. The summed E-state index contributed by atoms with van der Waals surface area (Å²) in [6.07, 6.45) is 2.42. The van der Waals surface area contributed by atoms with Crippen molar-refractivity contribution < 1.29 is 4.74 Å².